The SMILES string of the molecule is N#Cc1ccc2c(c1)c1ccccc1n2-c1nc(-c2cccc(N3B(c4ccccc4)c4ccccc4-c4ccccc43)c2)nc(-c2cccc(S(c3ccccc3)(c3ccccc3)c3ccccc3)c2)n1. The Bertz CT molecular complexity index is 3930. The quantitative estimate of drug-likeness (QED) is 0.135. The monoisotopic (exact) mass is 938 g/mol. The summed E-state index contributed by atoms with van der Waals surface area (Å²) in [6.45, 7) is -0.0997. The molecule has 0 saturated heterocycles. The average Bonchev–Trinajstić information content (AvgIpc) is 3.80. The molecule has 0 amide bonds. The van der Waals surface area contributed by atoms with Crippen molar-refractivity contribution in [2.75, 3.05) is 4.81 Å². The summed E-state index contributed by atoms with van der Waals surface area (Å²) in [6.07, 6.45) is 0. The number of fused-ring (bicyclic) bond motifs is 6. The second kappa shape index (κ2) is 17.9. The highest BCUT2D eigenvalue weighted by molar-refractivity contribution is 8.34. The van der Waals surface area contributed by atoms with Crippen LogP contribution in [0.1, 0.15) is 5.56 Å². The summed E-state index contributed by atoms with van der Waals surface area (Å²) in [5.41, 5.74) is 11.1. The molecule has 338 valence electrons. The smallest absolute Gasteiger partial charge is 0.328 e. The Labute approximate surface area is 420 Å². The maximum absolute atomic E-state index is 10.0. The van der Waals surface area contributed by atoms with Crippen molar-refractivity contribution in [2.24, 2.45) is 0 Å². The van der Waals surface area contributed by atoms with E-state index >= 15 is 0 Å². The Kier molecular flexibility index (Phi) is 10.6. The van der Waals surface area contributed by atoms with Crippen LogP contribution in [0, 0.1) is 11.3 Å². The highest BCUT2D eigenvalue weighted by atomic mass is 32.3. The predicted molar refractivity (Wildman–Crippen MR) is 295 cm³/mol. The van der Waals surface area contributed by atoms with Gasteiger partial charge in [0.2, 0.25) is 5.95 Å². The number of hydrogen-bond donors (Lipinski definition) is 0. The number of nitrogens with zero attached hydrogens (tertiary/aromatic N) is 6. The largest absolute Gasteiger partial charge is 0.376 e. The fraction of sp³-hybridized carbons (Fsp3) is 0. The summed E-state index contributed by atoms with van der Waals surface area (Å²) in [5, 5.41) is 12.0. The molecule has 0 atom stereocenters. The second-order valence-electron chi connectivity index (χ2n) is 17.9. The van der Waals surface area contributed by atoms with Gasteiger partial charge < -0.3 is 4.81 Å². The number of nitriles is 1. The molecule has 0 fully saturated rings. The Morgan fingerprint density at radius 1 is 0.417 bits per heavy atom. The number of rotatable bonds is 9. The van der Waals surface area contributed by atoms with Gasteiger partial charge in [-0.05, 0) is 102 Å². The van der Waals surface area contributed by atoms with E-state index in [0.717, 1.165) is 49.2 Å². The molecule has 13 rings (SSSR count). The summed E-state index contributed by atoms with van der Waals surface area (Å²) in [7, 11) is -2.02. The first-order valence-electron chi connectivity index (χ1n) is 24.1. The van der Waals surface area contributed by atoms with Gasteiger partial charge in [-0.2, -0.15) is 15.2 Å². The summed E-state index contributed by atoms with van der Waals surface area (Å²) in [6, 6.07) is 94.8. The van der Waals surface area contributed by atoms with Crippen molar-refractivity contribution in [3.05, 3.63) is 266 Å². The average molecular weight is 939 g/mol. The minimum atomic E-state index is -2.02. The van der Waals surface area contributed by atoms with E-state index in [0.29, 0.717) is 23.2 Å². The first-order valence-corrected chi connectivity index (χ1v) is 25.7. The molecule has 8 heteroatoms. The van der Waals surface area contributed by atoms with Crippen LogP contribution in [0.2, 0.25) is 0 Å². The molecular weight excluding hydrogens is 896 g/mol. The normalized spacial score (nSPS) is 12.3. The molecule has 1 aliphatic rings. The van der Waals surface area contributed by atoms with Crippen LogP contribution >= 0.6 is 10.0 Å². The van der Waals surface area contributed by atoms with Crippen molar-refractivity contribution in [1.82, 2.24) is 19.5 Å². The third-order valence-corrected chi connectivity index (χ3v) is 17.7. The standard InChI is InChI=1S/C64H43BN6S/c66-44-45-39-40-60-57(41-45)56-35-14-17-37-59(56)70(60)64-68-62(46-21-19-25-49(42-46)71-61-38-18-15-34-55(61)54-33-13-16-36-58(54)65(71)48-23-5-1-6-24-48)67-63(69-64)47-22-20-32-53(43-47)72(50-26-7-2-8-27-50,51-28-9-3-10-29-51)52-30-11-4-12-31-52/h1-43H. The zero-order valence-electron chi connectivity index (χ0n) is 39.0. The minimum absolute atomic E-state index is 0.0997. The zero-order valence-corrected chi connectivity index (χ0v) is 39.8. The lowest BCUT2D eigenvalue weighted by atomic mass is 9.46. The third-order valence-electron chi connectivity index (χ3n) is 13.8. The van der Waals surface area contributed by atoms with E-state index in [1.165, 1.54) is 36.7 Å². The van der Waals surface area contributed by atoms with Gasteiger partial charge in [0.05, 0.1) is 22.7 Å². The van der Waals surface area contributed by atoms with Crippen molar-refractivity contribution in [1.29, 1.82) is 5.26 Å². The molecule has 1 aliphatic heterocycles. The number of aromatic nitrogens is 4. The van der Waals surface area contributed by atoms with E-state index in [2.05, 4.69) is 246 Å². The maximum atomic E-state index is 10.0. The van der Waals surface area contributed by atoms with Gasteiger partial charge in [-0.3, -0.25) is 4.57 Å². The second-order valence-corrected chi connectivity index (χ2v) is 21.0. The molecule has 0 bridgehead atoms. The van der Waals surface area contributed by atoms with E-state index in [-0.39, 0.29) is 6.85 Å². The molecule has 0 unspecified atom stereocenters. The van der Waals surface area contributed by atoms with Crippen LogP contribution in [0.3, 0.4) is 0 Å². The van der Waals surface area contributed by atoms with Crippen molar-refractivity contribution < 1.29 is 0 Å². The molecular formula is C64H43BN6S. The van der Waals surface area contributed by atoms with E-state index in [1.807, 2.05) is 30.3 Å². The summed E-state index contributed by atoms with van der Waals surface area (Å²) in [5.74, 6) is 1.56. The van der Waals surface area contributed by atoms with Gasteiger partial charge in [0, 0.05) is 58.4 Å². The lowest BCUT2D eigenvalue weighted by Gasteiger charge is -2.42. The van der Waals surface area contributed by atoms with Crippen molar-refractivity contribution in [3.63, 3.8) is 0 Å². The molecule has 6 nitrogen and oxygen atoms in total. The van der Waals surface area contributed by atoms with Crippen LogP contribution in [-0.2, 0) is 0 Å². The van der Waals surface area contributed by atoms with E-state index in [1.54, 1.807) is 0 Å². The Morgan fingerprint density at radius 3 is 1.64 bits per heavy atom. The van der Waals surface area contributed by atoms with Crippen LogP contribution in [0.15, 0.2) is 280 Å². The number of hydrogen-bond acceptors (Lipinski definition) is 5. The first-order chi connectivity index (χ1) is 35.7. The van der Waals surface area contributed by atoms with E-state index < -0.39 is 10.0 Å². The molecule has 0 N–H and O–H groups in total. The highest BCUT2D eigenvalue weighted by Gasteiger charge is 2.37. The Balaban J connectivity index is 1.05. The molecule has 2 aromatic heterocycles. The molecule has 10 aromatic carbocycles. The first kappa shape index (κ1) is 42.8. The van der Waals surface area contributed by atoms with Gasteiger partial charge in [-0.1, -0.05) is 175 Å². The fourth-order valence-electron chi connectivity index (χ4n) is 10.7. The topological polar surface area (TPSA) is 70.6 Å². The van der Waals surface area contributed by atoms with Crippen LogP contribution < -0.4 is 15.7 Å². The molecule has 0 saturated carbocycles. The molecule has 0 radical (unpaired) electrons. The maximum Gasteiger partial charge on any atom is 0.328 e. The minimum Gasteiger partial charge on any atom is -0.376 e. The zero-order chi connectivity index (χ0) is 48.0. The summed E-state index contributed by atoms with van der Waals surface area (Å²) < 4.78 is 2.12. The predicted octanol–water partition coefficient (Wildman–Crippen LogP) is 14.4. The van der Waals surface area contributed by atoms with E-state index in [4.69, 9.17) is 15.0 Å². The Hall–Kier alpha value is -9.29. The summed E-state index contributed by atoms with van der Waals surface area (Å²) in [4.78, 5) is 23.7. The van der Waals surface area contributed by atoms with Gasteiger partial charge in [0.1, 0.15) is 0 Å². The van der Waals surface area contributed by atoms with Crippen molar-refractivity contribution >= 4 is 61.0 Å². The number of benzene rings is 10. The van der Waals surface area contributed by atoms with Gasteiger partial charge in [0.15, 0.2) is 11.6 Å². The lowest BCUT2D eigenvalue weighted by molar-refractivity contribution is 0.953. The fourth-order valence-corrected chi connectivity index (χ4v) is 14.6. The van der Waals surface area contributed by atoms with Crippen LogP contribution in [0.25, 0.3) is 61.7 Å². The lowest BCUT2D eigenvalue weighted by Crippen LogP contribution is -2.57. The van der Waals surface area contributed by atoms with Gasteiger partial charge >= 0.3 is 6.85 Å². The van der Waals surface area contributed by atoms with Crippen LogP contribution in [0.5, 0.6) is 0 Å². The van der Waals surface area contributed by atoms with Gasteiger partial charge in [0.25, 0.3) is 0 Å². The highest BCUT2D eigenvalue weighted by Crippen LogP contribution is 2.73. The number of para-hydroxylation sites is 2. The molecule has 0 spiro atoms. The number of anilines is 2. The Morgan fingerprint density at radius 2 is 0.958 bits per heavy atom. The molecule has 12 aromatic rings. The van der Waals surface area contributed by atoms with Crippen molar-refractivity contribution in [2.45, 2.75) is 19.6 Å². The van der Waals surface area contributed by atoms with Crippen LogP contribution in [0.4, 0.5) is 11.4 Å². The van der Waals surface area contributed by atoms with Gasteiger partial charge in [-0.15, -0.1) is 10.0 Å². The van der Waals surface area contributed by atoms with Gasteiger partial charge in [-0.25, -0.2) is 4.98 Å². The third kappa shape index (κ3) is 7.09. The molecule has 72 heavy (non-hydrogen) atoms. The van der Waals surface area contributed by atoms with Crippen molar-refractivity contribution in [3.8, 4) is 45.9 Å². The van der Waals surface area contributed by atoms with E-state index in [9.17, 15) is 5.26 Å². The molecule has 3 heterocycles. The summed E-state index contributed by atoms with van der Waals surface area (Å²) >= 11 is 0. The van der Waals surface area contributed by atoms with Crippen LogP contribution in [-0.4, -0.2) is 26.4 Å². The molecule has 0 aliphatic carbocycles.